The predicted octanol–water partition coefficient (Wildman–Crippen LogP) is 3.30. The summed E-state index contributed by atoms with van der Waals surface area (Å²) < 4.78 is 0.411. The van der Waals surface area contributed by atoms with E-state index in [1.54, 1.807) is 0 Å². The van der Waals surface area contributed by atoms with E-state index in [1.165, 1.54) is 18.6 Å². The van der Waals surface area contributed by atoms with Gasteiger partial charge in [0.2, 0.25) is 0 Å². The molecule has 0 aliphatic heterocycles. The van der Waals surface area contributed by atoms with Gasteiger partial charge in [0.25, 0.3) is 0 Å². The number of nitrogens with one attached hydrogen (secondary N) is 1. The van der Waals surface area contributed by atoms with Crippen molar-refractivity contribution < 1.29 is 0 Å². The van der Waals surface area contributed by atoms with Crippen LogP contribution in [0.4, 0.5) is 0 Å². The fourth-order valence-electron chi connectivity index (χ4n) is 1.51. The highest BCUT2D eigenvalue weighted by Gasteiger charge is 2.41. The van der Waals surface area contributed by atoms with Gasteiger partial charge in [0.15, 0.2) is 0 Å². The molecule has 1 N–H and O–H groups in total. The Morgan fingerprint density at radius 3 is 2.36 bits per heavy atom. The van der Waals surface area contributed by atoms with E-state index in [2.05, 4.69) is 39.9 Å². The quantitative estimate of drug-likeness (QED) is 0.706. The summed E-state index contributed by atoms with van der Waals surface area (Å²) in [7, 11) is 0. The van der Waals surface area contributed by atoms with Crippen LogP contribution in [0.5, 0.6) is 0 Å². The van der Waals surface area contributed by atoms with E-state index >= 15 is 0 Å². The van der Waals surface area contributed by atoms with E-state index in [-0.39, 0.29) is 0 Å². The molecular formula is C12H25NS. The van der Waals surface area contributed by atoms with Crippen LogP contribution in [0.25, 0.3) is 0 Å². The van der Waals surface area contributed by atoms with Crippen molar-refractivity contribution in [1.82, 2.24) is 5.32 Å². The van der Waals surface area contributed by atoms with Gasteiger partial charge in [-0.15, -0.1) is 0 Å². The molecule has 1 atom stereocenters. The third-order valence-electron chi connectivity index (χ3n) is 3.17. The molecule has 0 aromatic heterocycles. The van der Waals surface area contributed by atoms with Crippen molar-refractivity contribution in [3.8, 4) is 0 Å². The Balaban J connectivity index is 2.04. The Kier molecular flexibility index (Phi) is 3.93. The molecule has 0 aromatic rings. The van der Waals surface area contributed by atoms with Gasteiger partial charge in [0, 0.05) is 23.1 Å². The highest BCUT2D eigenvalue weighted by molar-refractivity contribution is 8.00. The molecule has 1 unspecified atom stereocenters. The molecule has 1 rings (SSSR count). The first-order valence-corrected chi connectivity index (χ1v) is 6.69. The van der Waals surface area contributed by atoms with Gasteiger partial charge in [0.05, 0.1) is 0 Å². The van der Waals surface area contributed by atoms with Gasteiger partial charge in [-0.1, -0.05) is 27.7 Å². The van der Waals surface area contributed by atoms with Gasteiger partial charge in [-0.25, -0.2) is 0 Å². The van der Waals surface area contributed by atoms with E-state index in [1.807, 2.05) is 11.8 Å². The summed E-state index contributed by atoms with van der Waals surface area (Å²) in [5.41, 5.74) is 0.617. The van der Waals surface area contributed by atoms with Crippen LogP contribution in [-0.2, 0) is 0 Å². The maximum Gasteiger partial charge on any atom is 0.00928 e. The Bertz CT molecular complexity index is 179. The highest BCUT2D eigenvalue weighted by atomic mass is 32.2. The van der Waals surface area contributed by atoms with Crippen molar-refractivity contribution >= 4 is 11.8 Å². The molecule has 0 amide bonds. The summed E-state index contributed by atoms with van der Waals surface area (Å²) in [6.45, 7) is 12.7. The number of hydrogen-bond donors (Lipinski definition) is 1. The van der Waals surface area contributed by atoms with Crippen molar-refractivity contribution in [2.24, 2.45) is 5.41 Å². The van der Waals surface area contributed by atoms with Gasteiger partial charge in [-0.3, -0.25) is 0 Å². The molecule has 1 fully saturated rings. The van der Waals surface area contributed by atoms with Crippen molar-refractivity contribution in [2.75, 3.05) is 12.3 Å². The average Bonchev–Trinajstić information content (AvgIpc) is 2.76. The third kappa shape index (κ3) is 4.22. The van der Waals surface area contributed by atoms with E-state index in [4.69, 9.17) is 0 Å². The zero-order valence-corrected chi connectivity index (χ0v) is 11.1. The van der Waals surface area contributed by atoms with Gasteiger partial charge in [0.1, 0.15) is 0 Å². The molecule has 0 spiro atoms. The maximum absolute atomic E-state index is 3.64. The van der Waals surface area contributed by atoms with Crippen LogP contribution in [0.2, 0.25) is 0 Å². The lowest BCUT2D eigenvalue weighted by molar-refractivity contribution is 0.390. The number of rotatable bonds is 5. The summed E-state index contributed by atoms with van der Waals surface area (Å²) in [5, 5.41) is 3.64. The first kappa shape index (κ1) is 12.4. The maximum atomic E-state index is 3.64. The molecule has 0 bridgehead atoms. The zero-order valence-electron chi connectivity index (χ0n) is 10.3. The standard InChI is InChI=1S/C12H25NS/c1-10(12(5)6-7-12)13-8-9-14-11(2,3)4/h10,13H,6-9H2,1-5H3. The molecule has 2 heteroatoms. The average molecular weight is 215 g/mol. The van der Waals surface area contributed by atoms with Gasteiger partial charge < -0.3 is 5.32 Å². The summed E-state index contributed by atoms with van der Waals surface area (Å²) in [4.78, 5) is 0. The van der Waals surface area contributed by atoms with Crippen LogP contribution in [0.3, 0.4) is 0 Å². The molecule has 0 saturated heterocycles. The molecule has 0 heterocycles. The molecule has 14 heavy (non-hydrogen) atoms. The molecule has 0 aromatic carbocycles. The molecule has 1 aliphatic rings. The number of hydrogen-bond acceptors (Lipinski definition) is 2. The SMILES string of the molecule is CC(NCCSC(C)(C)C)C1(C)CC1. The molecule has 1 saturated carbocycles. The second kappa shape index (κ2) is 4.44. The minimum Gasteiger partial charge on any atom is -0.313 e. The Morgan fingerprint density at radius 2 is 1.93 bits per heavy atom. The van der Waals surface area contributed by atoms with Crippen LogP contribution in [0.15, 0.2) is 0 Å². The van der Waals surface area contributed by atoms with Gasteiger partial charge in [-0.2, -0.15) is 11.8 Å². The predicted molar refractivity (Wildman–Crippen MR) is 67.0 cm³/mol. The van der Waals surface area contributed by atoms with Crippen LogP contribution < -0.4 is 5.32 Å². The third-order valence-corrected chi connectivity index (χ3v) is 4.45. The Morgan fingerprint density at radius 1 is 1.36 bits per heavy atom. The van der Waals surface area contributed by atoms with Gasteiger partial charge >= 0.3 is 0 Å². The minimum atomic E-state index is 0.411. The van der Waals surface area contributed by atoms with Crippen molar-refractivity contribution in [3.05, 3.63) is 0 Å². The Labute approximate surface area is 93.4 Å². The molecule has 1 nitrogen and oxygen atoms in total. The zero-order chi connectivity index (χ0) is 10.8. The van der Waals surface area contributed by atoms with Crippen molar-refractivity contribution in [3.63, 3.8) is 0 Å². The van der Waals surface area contributed by atoms with E-state index in [0.29, 0.717) is 16.2 Å². The summed E-state index contributed by atoms with van der Waals surface area (Å²) in [6.07, 6.45) is 2.82. The fourth-order valence-corrected chi connectivity index (χ4v) is 2.34. The number of thioether (sulfide) groups is 1. The van der Waals surface area contributed by atoms with E-state index in [9.17, 15) is 0 Å². The van der Waals surface area contributed by atoms with Crippen LogP contribution in [0, 0.1) is 5.41 Å². The van der Waals surface area contributed by atoms with E-state index in [0.717, 1.165) is 6.54 Å². The van der Waals surface area contributed by atoms with E-state index < -0.39 is 0 Å². The lowest BCUT2D eigenvalue weighted by Gasteiger charge is -2.22. The topological polar surface area (TPSA) is 12.0 Å². The first-order valence-electron chi connectivity index (χ1n) is 5.71. The lowest BCUT2D eigenvalue weighted by Crippen LogP contribution is -2.35. The second-order valence-electron chi connectivity index (χ2n) is 5.79. The highest BCUT2D eigenvalue weighted by Crippen LogP contribution is 2.47. The smallest absolute Gasteiger partial charge is 0.00928 e. The Hall–Kier alpha value is 0.310. The first-order chi connectivity index (χ1) is 6.33. The van der Waals surface area contributed by atoms with Gasteiger partial charge in [-0.05, 0) is 25.2 Å². The minimum absolute atomic E-state index is 0.411. The largest absolute Gasteiger partial charge is 0.313 e. The molecule has 0 radical (unpaired) electrons. The summed E-state index contributed by atoms with van der Waals surface area (Å²) in [5.74, 6) is 1.23. The van der Waals surface area contributed by atoms with Crippen LogP contribution in [-0.4, -0.2) is 23.1 Å². The van der Waals surface area contributed by atoms with Crippen LogP contribution in [0.1, 0.15) is 47.5 Å². The summed E-state index contributed by atoms with van der Waals surface area (Å²) in [6, 6.07) is 0.697. The van der Waals surface area contributed by atoms with Crippen molar-refractivity contribution in [2.45, 2.75) is 58.2 Å². The van der Waals surface area contributed by atoms with Crippen molar-refractivity contribution in [1.29, 1.82) is 0 Å². The lowest BCUT2D eigenvalue weighted by atomic mass is 10.0. The summed E-state index contributed by atoms with van der Waals surface area (Å²) >= 11 is 2.04. The normalized spacial score (nSPS) is 22.1. The molecular weight excluding hydrogens is 190 g/mol. The monoisotopic (exact) mass is 215 g/mol. The molecule has 84 valence electrons. The van der Waals surface area contributed by atoms with Crippen LogP contribution >= 0.6 is 11.8 Å². The second-order valence-corrected chi connectivity index (χ2v) is 7.71. The fraction of sp³-hybridized carbons (Fsp3) is 1.00. The molecule has 1 aliphatic carbocycles.